The molecule has 2 unspecified atom stereocenters. The summed E-state index contributed by atoms with van der Waals surface area (Å²) in [6.07, 6.45) is 1.68. The van der Waals surface area contributed by atoms with Crippen LogP contribution >= 0.6 is 23.2 Å². The van der Waals surface area contributed by atoms with E-state index in [2.05, 4.69) is 10.6 Å². The molecule has 3 atom stereocenters. The van der Waals surface area contributed by atoms with Crippen molar-refractivity contribution in [2.45, 2.75) is 37.5 Å². The van der Waals surface area contributed by atoms with Crippen LogP contribution in [0.3, 0.4) is 0 Å². The number of carbonyl (C=O) groups excluding carboxylic acids is 1. The van der Waals surface area contributed by atoms with Crippen LogP contribution in [0.1, 0.15) is 29.8 Å². The fourth-order valence-corrected chi connectivity index (χ4v) is 4.10. The number of rotatable bonds is 8. The molecule has 0 bridgehead atoms. The number of carbonyl (C=O) groups is 1. The highest BCUT2D eigenvalue weighted by atomic mass is 35.5. The molecule has 3 aromatic rings. The number of nitrogens with one attached hydrogen (secondary N) is 2. The fraction of sp³-hybridized carbons (Fsp3) is 0.348. The minimum Gasteiger partial charge on any atom is -0.491 e. The summed E-state index contributed by atoms with van der Waals surface area (Å²) in [5, 5.41) is 17.8. The number of ether oxygens (including phenoxy) is 1. The second kappa shape index (κ2) is 10.1. The Balaban J connectivity index is 1.20. The van der Waals surface area contributed by atoms with Crippen LogP contribution in [0.4, 0.5) is 4.39 Å². The SMILES string of the molecule is O=C(NC1CCC(NC[C@H](O)COc2ccc(Cl)c(F)c2)C1)c1cc2cc(Cl)ccc2o1. The van der Waals surface area contributed by atoms with Crippen LogP contribution in [0.15, 0.2) is 46.9 Å². The smallest absolute Gasteiger partial charge is 0.287 e. The molecule has 32 heavy (non-hydrogen) atoms. The molecular formula is C23H23Cl2FN2O4. The van der Waals surface area contributed by atoms with E-state index in [4.69, 9.17) is 32.4 Å². The number of furan rings is 1. The maximum Gasteiger partial charge on any atom is 0.287 e. The lowest BCUT2D eigenvalue weighted by Gasteiger charge is -2.17. The third-order valence-electron chi connectivity index (χ3n) is 5.45. The minimum atomic E-state index is -0.759. The summed E-state index contributed by atoms with van der Waals surface area (Å²) in [6, 6.07) is 11.2. The van der Waals surface area contributed by atoms with Gasteiger partial charge in [0.25, 0.3) is 5.91 Å². The van der Waals surface area contributed by atoms with Crippen molar-refractivity contribution in [1.82, 2.24) is 10.6 Å². The van der Waals surface area contributed by atoms with Gasteiger partial charge in [0.2, 0.25) is 0 Å². The molecule has 1 aliphatic carbocycles. The molecule has 0 spiro atoms. The molecule has 0 saturated heterocycles. The molecule has 2 aromatic carbocycles. The van der Waals surface area contributed by atoms with Crippen LogP contribution in [0.2, 0.25) is 10.0 Å². The maximum absolute atomic E-state index is 13.4. The van der Waals surface area contributed by atoms with Crippen molar-refractivity contribution in [3.8, 4) is 5.75 Å². The van der Waals surface area contributed by atoms with Gasteiger partial charge in [-0.05, 0) is 55.7 Å². The third kappa shape index (κ3) is 5.72. The Hall–Kier alpha value is -2.32. The summed E-state index contributed by atoms with van der Waals surface area (Å²) in [5.74, 6) is -0.263. The van der Waals surface area contributed by atoms with Gasteiger partial charge >= 0.3 is 0 Å². The fourth-order valence-electron chi connectivity index (χ4n) is 3.80. The molecule has 0 aliphatic heterocycles. The summed E-state index contributed by atoms with van der Waals surface area (Å²) in [6.45, 7) is 0.350. The molecule has 6 nitrogen and oxygen atoms in total. The normalized spacial score (nSPS) is 19.2. The molecule has 1 aliphatic rings. The zero-order valence-corrected chi connectivity index (χ0v) is 18.6. The number of hydrogen-bond acceptors (Lipinski definition) is 5. The van der Waals surface area contributed by atoms with E-state index in [1.807, 2.05) is 0 Å². The quantitative estimate of drug-likeness (QED) is 0.440. The summed E-state index contributed by atoms with van der Waals surface area (Å²) in [5.41, 5.74) is 0.614. The highest BCUT2D eigenvalue weighted by Crippen LogP contribution is 2.25. The van der Waals surface area contributed by atoms with Gasteiger partial charge in [0.1, 0.15) is 29.9 Å². The number of aliphatic hydroxyl groups is 1. The van der Waals surface area contributed by atoms with E-state index in [0.29, 0.717) is 22.9 Å². The van der Waals surface area contributed by atoms with Crippen molar-refractivity contribution < 1.29 is 23.4 Å². The van der Waals surface area contributed by atoms with Gasteiger partial charge in [0.15, 0.2) is 5.76 Å². The Morgan fingerprint density at radius 2 is 2.00 bits per heavy atom. The second-order valence-electron chi connectivity index (χ2n) is 7.92. The van der Waals surface area contributed by atoms with Crippen molar-refractivity contribution in [3.05, 3.63) is 64.1 Å². The largest absolute Gasteiger partial charge is 0.491 e. The van der Waals surface area contributed by atoms with Crippen molar-refractivity contribution in [2.75, 3.05) is 13.2 Å². The summed E-state index contributed by atoms with van der Waals surface area (Å²) in [7, 11) is 0. The lowest BCUT2D eigenvalue weighted by atomic mass is 10.2. The highest BCUT2D eigenvalue weighted by molar-refractivity contribution is 6.31. The first-order valence-electron chi connectivity index (χ1n) is 10.4. The first-order valence-corrected chi connectivity index (χ1v) is 11.1. The monoisotopic (exact) mass is 480 g/mol. The minimum absolute atomic E-state index is 0.0160. The summed E-state index contributed by atoms with van der Waals surface area (Å²) in [4.78, 5) is 12.5. The van der Waals surface area contributed by atoms with Crippen molar-refractivity contribution >= 4 is 40.1 Å². The first kappa shape index (κ1) is 22.9. The summed E-state index contributed by atoms with van der Waals surface area (Å²) < 4.78 is 24.5. The van der Waals surface area contributed by atoms with Crippen LogP contribution < -0.4 is 15.4 Å². The van der Waals surface area contributed by atoms with Gasteiger partial charge in [-0.2, -0.15) is 0 Å². The van der Waals surface area contributed by atoms with E-state index < -0.39 is 11.9 Å². The lowest BCUT2D eigenvalue weighted by Crippen LogP contribution is -2.39. The average Bonchev–Trinajstić information content (AvgIpc) is 3.39. The van der Waals surface area contributed by atoms with Gasteiger partial charge in [-0.25, -0.2) is 4.39 Å². The third-order valence-corrected chi connectivity index (χ3v) is 5.99. The topological polar surface area (TPSA) is 83.7 Å². The van der Waals surface area contributed by atoms with E-state index >= 15 is 0 Å². The molecule has 1 saturated carbocycles. The van der Waals surface area contributed by atoms with E-state index in [1.165, 1.54) is 12.1 Å². The van der Waals surface area contributed by atoms with Gasteiger partial charge in [0, 0.05) is 35.1 Å². The summed E-state index contributed by atoms with van der Waals surface area (Å²) >= 11 is 11.6. The van der Waals surface area contributed by atoms with Gasteiger partial charge in [-0.15, -0.1) is 0 Å². The number of amides is 1. The predicted octanol–water partition coefficient (Wildman–Crippen LogP) is 4.56. The Kier molecular flexibility index (Phi) is 7.20. The number of hydrogen-bond donors (Lipinski definition) is 3. The van der Waals surface area contributed by atoms with Crippen LogP contribution in [0.5, 0.6) is 5.75 Å². The molecule has 9 heteroatoms. The van der Waals surface area contributed by atoms with Gasteiger partial charge < -0.3 is 24.9 Å². The Labute approximate surface area is 194 Å². The van der Waals surface area contributed by atoms with Crippen molar-refractivity contribution in [3.63, 3.8) is 0 Å². The van der Waals surface area contributed by atoms with Crippen LogP contribution in [-0.4, -0.2) is 42.4 Å². The number of fused-ring (bicyclic) bond motifs is 1. The molecule has 3 N–H and O–H groups in total. The Morgan fingerprint density at radius 1 is 1.19 bits per heavy atom. The molecule has 1 amide bonds. The standard InChI is InChI=1S/C23H23Cl2FN2O4/c24-14-1-6-21-13(7-14)8-22(32-21)23(30)28-16-3-2-15(9-16)27-11-17(29)12-31-18-4-5-19(25)20(26)10-18/h1,4-8,10,15-17,27,29H,2-3,9,11-12H2,(H,28,30)/t15?,16?,17-/m0/s1. The van der Waals surface area contributed by atoms with E-state index in [0.717, 1.165) is 24.6 Å². The van der Waals surface area contributed by atoms with E-state index in [9.17, 15) is 14.3 Å². The van der Waals surface area contributed by atoms with Crippen LogP contribution in [0.25, 0.3) is 11.0 Å². The number of halogens is 3. The highest BCUT2D eigenvalue weighted by Gasteiger charge is 2.27. The van der Waals surface area contributed by atoms with Crippen LogP contribution in [0, 0.1) is 5.82 Å². The zero-order valence-electron chi connectivity index (χ0n) is 17.1. The molecule has 4 rings (SSSR count). The molecular weight excluding hydrogens is 458 g/mol. The zero-order chi connectivity index (χ0) is 22.7. The molecule has 1 fully saturated rings. The van der Waals surface area contributed by atoms with E-state index in [-0.39, 0.29) is 35.4 Å². The van der Waals surface area contributed by atoms with Gasteiger partial charge in [-0.3, -0.25) is 4.79 Å². The Bertz CT molecular complexity index is 1110. The predicted molar refractivity (Wildman–Crippen MR) is 121 cm³/mol. The van der Waals surface area contributed by atoms with Gasteiger partial charge in [-0.1, -0.05) is 23.2 Å². The van der Waals surface area contributed by atoms with Crippen molar-refractivity contribution in [2.24, 2.45) is 0 Å². The van der Waals surface area contributed by atoms with Gasteiger partial charge in [0.05, 0.1) is 5.02 Å². The van der Waals surface area contributed by atoms with Crippen molar-refractivity contribution in [1.29, 1.82) is 0 Å². The number of benzene rings is 2. The number of aliphatic hydroxyl groups excluding tert-OH is 1. The van der Waals surface area contributed by atoms with Crippen LogP contribution in [-0.2, 0) is 0 Å². The van der Waals surface area contributed by atoms with E-state index in [1.54, 1.807) is 30.3 Å². The second-order valence-corrected chi connectivity index (χ2v) is 8.77. The molecule has 0 radical (unpaired) electrons. The lowest BCUT2D eigenvalue weighted by molar-refractivity contribution is 0.0910. The Morgan fingerprint density at radius 3 is 2.81 bits per heavy atom. The molecule has 170 valence electrons. The molecule has 1 heterocycles. The first-order chi connectivity index (χ1) is 15.4. The average molecular weight is 481 g/mol. The molecule has 1 aromatic heterocycles. The maximum atomic E-state index is 13.4.